The zero-order chi connectivity index (χ0) is 16.8. The Hall–Kier alpha value is -2.05. The summed E-state index contributed by atoms with van der Waals surface area (Å²) in [5.41, 5.74) is 3.62. The van der Waals surface area contributed by atoms with E-state index in [1.165, 1.54) is 25.5 Å². The maximum atomic E-state index is 11.8. The van der Waals surface area contributed by atoms with Gasteiger partial charge in [0.2, 0.25) is 5.91 Å². The van der Waals surface area contributed by atoms with Crippen LogP contribution in [0.1, 0.15) is 11.1 Å². The van der Waals surface area contributed by atoms with E-state index in [4.69, 9.17) is 16.3 Å². The fourth-order valence-electron chi connectivity index (χ4n) is 1.85. The average molecular weight is 398 g/mol. The van der Waals surface area contributed by atoms with Gasteiger partial charge in [0.05, 0.1) is 19.7 Å². The van der Waals surface area contributed by atoms with Crippen LogP contribution in [-0.4, -0.2) is 24.3 Å². The second kappa shape index (κ2) is 7.99. The van der Waals surface area contributed by atoms with Gasteiger partial charge in [0, 0.05) is 21.1 Å². The first kappa shape index (κ1) is 17.3. The van der Waals surface area contributed by atoms with E-state index in [9.17, 15) is 9.90 Å². The fourth-order valence-corrected chi connectivity index (χ4v) is 2.33. The number of hydrogen-bond acceptors (Lipinski definition) is 4. The topological polar surface area (TPSA) is 70.9 Å². The van der Waals surface area contributed by atoms with Crippen molar-refractivity contribution >= 4 is 39.7 Å². The molecule has 2 aromatic rings. The number of hydrazone groups is 1. The summed E-state index contributed by atoms with van der Waals surface area (Å²) in [7, 11) is 1.42. The summed E-state index contributed by atoms with van der Waals surface area (Å²) in [6.45, 7) is 0. The molecule has 0 bridgehead atoms. The van der Waals surface area contributed by atoms with Gasteiger partial charge in [-0.25, -0.2) is 5.43 Å². The molecule has 5 nitrogen and oxygen atoms in total. The van der Waals surface area contributed by atoms with Gasteiger partial charge in [-0.3, -0.25) is 4.79 Å². The highest BCUT2D eigenvalue weighted by atomic mass is 79.9. The lowest BCUT2D eigenvalue weighted by atomic mass is 10.1. The normalized spacial score (nSPS) is 10.7. The van der Waals surface area contributed by atoms with E-state index in [0.29, 0.717) is 10.6 Å². The van der Waals surface area contributed by atoms with Gasteiger partial charge in [-0.05, 0) is 23.8 Å². The number of nitrogens with zero attached hydrogens (tertiary/aromatic N) is 1. The van der Waals surface area contributed by atoms with Crippen molar-refractivity contribution in [3.63, 3.8) is 0 Å². The Labute approximate surface area is 147 Å². The number of carbonyl (C=O) groups is 1. The summed E-state index contributed by atoms with van der Waals surface area (Å²) in [5, 5.41) is 14.2. The number of ether oxygens (including phenoxy) is 1. The van der Waals surface area contributed by atoms with Gasteiger partial charge in [0.1, 0.15) is 0 Å². The van der Waals surface area contributed by atoms with Crippen LogP contribution in [0.25, 0.3) is 0 Å². The molecule has 0 heterocycles. The summed E-state index contributed by atoms with van der Waals surface area (Å²) in [4.78, 5) is 11.8. The van der Waals surface area contributed by atoms with E-state index in [2.05, 4.69) is 26.5 Å². The molecule has 0 aliphatic carbocycles. The van der Waals surface area contributed by atoms with E-state index in [1.54, 1.807) is 0 Å². The number of methoxy groups -OCH3 is 1. The highest BCUT2D eigenvalue weighted by Gasteiger charge is 2.08. The Morgan fingerprint density at radius 3 is 2.74 bits per heavy atom. The molecule has 0 radical (unpaired) electrons. The van der Waals surface area contributed by atoms with Crippen molar-refractivity contribution in [3.8, 4) is 11.5 Å². The van der Waals surface area contributed by atoms with Gasteiger partial charge in [0.25, 0.3) is 0 Å². The maximum absolute atomic E-state index is 11.8. The Balaban J connectivity index is 2.00. The second-order valence-electron chi connectivity index (χ2n) is 4.64. The smallest absolute Gasteiger partial charge is 0.244 e. The number of rotatable bonds is 5. The van der Waals surface area contributed by atoms with Crippen LogP contribution in [0.2, 0.25) is 5.02 Å². The SMILES string of the molecule is COc1cc(Cl)cc(C=NNC(=O)Cc2ccc(Br)cc2)c1O. The first-order valence-corrected chi connectivity index (χ1v) is 7.79. The first-order chi connectivity index (χ1) is 11.0. The lowest BCUT2D eigenvalue weighted by molar-refractivity contribution is -0.120. The van der Waals surface area contributed by atoms with Crippen LogP contribution >= 0.6 is 27.5 Å². The summed E-state index contributed by atoms with van der Waals surface area (Å²) in [6, 6.07) is 10.4. The molecule has 23 heavy (non-hydrogen) atoms. The summed E-state index contributed by atoms with van der Waals surface area (Å²) in [6.07, 6.45) is 1.51. The maximum Gasteiger partial charge on any atom is 0.244 e. The third-order valence-electron chi connectivity index (χ3n) is 2.96. The molecule has 0 atom stereocenters. The van der Waals surface area contributed by atoms with Crippen molar-refractivity contribution in [1.82, 2.24) is 5.43 Å². The minimum Gasteiger partial charge on any atom is -0.504 e. The summed E-state index contributed by atoms with van der Waals surface area (Å²) < 4.78 is 5.94. The van der Waals surface area contributed by atoms with Crippen LogP contribution in [0.3, 0.4) is 0 Å². The van der Waals surface area contributed by atoms with E-state index in [-0.39, 0.29) is 23.8 Å². The number of aromatic hydroxyl groups is 1. The standard InChI is InChI=1S/C16H14BrClN2O3/c1-23-14-8-13(18)7-11(16(14)22)9-19-20-15(21)6-10-2-4-12(17)5-3-10/h2-5,7-9,22H,6H2,1H3,(H,20,21). The zero-order valence-electron chi connectivity index (χ0n) is 12.2. The summed E-state index contributed by atoms with van der Waals surface area (Å²) in [5.74, 6) is -0.125. The Morgan fingerprint density at radius 2 is 2.09 bits per heavy atom. The fraction of sp³-hybridized carbons (Fsp3) is 0.125. The Bertz CT molecular complexity index is 733. The molecule has 0 saturated heterocycles. The molecule has 2 aromatic carbocycles. The van der Waals surface area contributed by atoms with Gasteiger partial charge in [-0.2, -0.15) is 5.10 Å². The molecule has 2 rings (SSSR count). The van der Waals surface area contributed by atoms with E-state index >= 15 is 0 Å². The predicted octanol–water partition coefficient (Wildman–Crippen LogP) is 3.51. The van der Waals surface area contributed by atoms with Crippen molar-refractivity contribution in [2.45, 2.75) is 6.42 Å². The minimum atomic E-state index is -0.267. The number of halogens is 2. The van der Waals surface area contributed by atoms with Crippen molar-refractivity contribution in [2.75, 3.05) is 7.11 Å². The van der Waals surface area contributed by atoms with Crippen molar-refractivity contribution < 1.29 is 14.6 Å². The largest absolute Gasteiger partial charge is 0.504 e. The molecular formula is C16H14BrClN2O3. The van der Waals surface area contributed by atoms with Crippen molar-refractivity contribution in [1.29, 1.82) is 0 Å². The number of benzene rings is 2. The number of phenols is 1. The molecule has 0 aliphatic heterocycles. The summed E-state index contributed by atoms with van der Waals surface area (Å²) >= 11 is 9.25. The quantitative estimate of drug-likeness (QED) is 0.599. The molecule has 0 saturated carbocycles. The Kier molecular flexibility index (Phi) is 6.01. The lowest BCUT2D eigenvalue weighted by Gasteiger charge is -2.06. The highest BCUT2D eigenvalue weighted by molar-refractivity contribution is 9.10. The first-order valence-electron chi connectivity index (χ1n) is 6.62. The van der Waals surface area contributed by atoms with Crippen LogP contribution < -0.4 is 10.2 Å². The van der Waals surface area contributed by atoms with Gasteiger partial charge < -0.3 is 9.84 Å². The van der Waals surface area contributed by atoms with Gasteiger partial charge in [-0.15, -0.1) is 0 Å². The van der Waals surface area contributed by atoms with Gasteiger partial charge in [-0.1, -0.05) is 39.7 Å². The van der Waals surface area contributed by atoms with Crippen LogP contribution in [-0.2, 0) is 11.2 Å². The lowest BCUT2D eigenvalue weighted by Crippen LogP contribution is -2.19. The van der Waals surface area contributed by atoms with E-state index in [1.807, 2.05) is 24.3 Å². The third kappa shape index (κ3) is 4.97. The molecule has 0 aliphatic rings. The van der Waals surface area contributed by atoms with E-state index in [0.717, 1.165) is 10.0 Å². The number of nitrogens with one attached hydrogen (secondary N) is 1. The molecular weight excluding hydrogens is 384 g/mol. The molecule has 120 valence electrons. The molecule has 1 amide bonds. The van der Waals surface area contributed by atoms with Crippen LogP contribution in [0.15, 0.2) is 46.0 Å². The van der Waals surface area contributed by atoms with Gasteiger partial charge >= 0.3 is 0 Å². The third-order valence-corrected chi connectivity index (χ3v) is 3.71. The number of carbonyl (C=O) groups excluding carboxylic acids is 1. The highest BCUT2D eigenvalue weighted by Crippen LogP contribution is 2.32. The number of phenolic OH excluding ortho intramolecular Hbond substituents is 1. The average Bonchev–Trinajstić information content (AvgIpc) is 2.52. The van der Waals surface area contributed by atoms with Crippen LogP contribution in [0.5, 0.6) is 11.5 Å². The van der Waals surface area contributed by atoms with Gasteiger partial charge in [0.15, 0.2) is 11.5 Å². The Morgan fingerprint density at radius 1 is 1.39 bits per heavy atom. The van der Waals surface area contributed by atoms with Crippen LogP contribution in [0.4, 0.5) is 0 Å². The molecule has 0 aromatic heterocycles. The number of amides is 1. The second-order valence-corrected chi connectivity index (χ2v) is 5.99. The minimum absolute atomic E-state index is 0.0946. The number of hydrogen-bond donors (Lipinski definition) is 2. The molecule has 2 N–H and O–H groups in total. The van der Waals surface area contributed by atoms with Crippen molar-refractivity contribution in [3.05, 3.63) is 57.0 Å². The van der Waals surface area contributed by atoms with Crippen LogP contribution in [0, 0.1) is 0 Å². The predicted molar refractivity (Wildman–Crippen MR) is 93.3 cm³/mol. The zero-order valence-corrected chi connectivity index (χ0v) is 14.6. The molecule has 0 spiro atoms. The molecule has 7 heteroatoms. The van der Waals surface area contributed by atoms with E-state index < -0.39 is 0 Å². The van der Waals surface area contributed by atoms with Crippen molar-refractivity contribution in [2.24, 2.45) is 5.10 Å². The molecule has 0 fully saturated rings. The monoisotopic (exact) mass is 396 g/mol. The molecule has 0 unspecified atom stereocenters.